The molecule has 3 heterocycles. The zero-order valence-corrected chi connectivity index (χ0v) is 10.1. The zero-order chi connectivity index (χ0) is 12.2. The molecule has 2 aromatic heterocycles. The molecule has 3 rings (SSSR count). The van der Waals surface area contributed by atoms with Crippen molar-refractivity contribution in [3.8, 4) is 0 Å². The van der Waals surface area contributed by atoms with Gasteiger partial charge in [-0.1, -0.05) is 0 Å². The van der Waals surface area contributed by atoms with Crippen LogP contribution in [-0.4, -0.2) is 28.0 Å². The van der Waals surface area contributed by atoms with Crippen LogP contribution in [0.1, 0.15) is 12.8 Å². The van der Waals surface area contributed by atoms with Gasteiger partial charge in [-0.3, -0.25) is 4.98 Å². The SMILES string of the molecule is c1cnc(Nc2ccc(N3CCCC3)nc2)cn1. The fourth-order valence-electron chi connectivity index (χ4n) is 2.10. The summed E-state index contributed by atoms with van der Waals surface area (Å²) in [5, 5.41) is 3.17. The van der Waals surface area contributed by atoms with Crippen LogP contribution in [0.2, 0.25) is 0 Å². The standard InChI is InChI=1S/C13H15N5/c1-2-8-18(7-1)13-4-3-11(9-16-13)17-12-10-14-5-6-15-12/h3-6,9-10H,1-2,7-8H2,(H,15,17). The Kier molecular flexibility index (Phi) is 3.04. The maximum absolute atomic E-state index is 4.47. The number of nitrogens with one attached hydrogen (secondary N) is 1. The maximum atomic E-state index is 4.47. The van der Waals surface area contributed by atoms with Crippen LogP contribution in [0.5, 0.6) is 0 Å². The molecule has 2 aromatic rings. The van der Waals surface area contributed by atoms with E-state index >= 15 is 0 Å². The third kappa shape index (κ3) is 2.40. The number of aromatic nitrogens is 3. The normalized spacial score (nSPS) is 14.8. The minimum atomic E-state index is 0.730. The van der Waals surface area contributed by atoms with Crippen molar-refractivity contribution in [1.82, 2.24) is 15.0 Å². The van der Waals surface area contributed by atoms with Crippen LogP contribution in [0.25, 0.3) is 0 Å². The molecule has 1 saturated heterocycles. The molecule has 5 nitrogen and oxygen atoms in total. The summed E-state index contributed by atoms with van der Waals surface area (Å²) in [6.45, 7) is 2.23. The van der Waals surface area contributed by atoms with Crippen molar-refractivity contribution in [2.45, 2.75) is 12.8 Å². The average molecular weight is 241 g/mol. The van der Waals surface area contributed by atoms with Crippen LogP contribution >= 0.6 is 0 Å². The van der Waals surface area contributed by atoms with Gasteiger partial charge in [0.15, 0.2) is 0 Å². The van der Waals surface area contributed by atoms with E-state index in [0.717, 1.165) is 30.4 Å². The van der Waals surface area contributed by atoms with Gasteiger partial charge in [-0.25, -0.2) is 9.97 Å². The lowest BCUT2D eigenvalue weighted by Gasteiger charge is -2.16. The largest absolute Gasteiger partial charge is 0.357 e. The van der Waals surface area contributed by atoms with Gasteiger partial charge in [-0.05, 0) is 25.0 Å². The molecule has 0 amide bonds. The first-order valence-corrected chi connectivity index (χ1v) is 6.16. The Balaban J connectivity index is 1.71. The Hall–Kier alpha value is -2.17. The lowest BCUT2D eigenvalue weighted by atomic mass is 10.4. The number of nitrogens with zero attached hydrogens (tertiary/aromatic N) is 4. The molecule has 92 valence electrons. The van der Waals surface area contributed by atoms with Crippen LogP contribution in [0.4, 0.5) is 17.3 Å². The zero-order valence-electron chi connectivity index (χ0n) is 10.1. The van der Waals surface area contributed by atoms with Crippen molar-refractivity contribution in [1.29, 1.82) is 0 Å². The van der Waals surface area contributed by atoms with E-state index < -0.39 is 0 Å². The quantitative estimate of drug-likeness (QED) is 0.893. The summed E-state index contributed by atoms with van der Waals surface area (Å²) in [4.78, 5) is 15.0. The number of hydrogen-bond acceptors (Lipinski definition) is 5. The second-order valence-corrected chi connectivity index (χ2v) is 4.31. The van der Waals surface area contributed by atoms with E-state index in [-0.39, 0.29) is 0 Å². The first kappa shape index (κ1) is 11.0. The van der Waals surface area contributed by atoms with Crippen molar-refractivity contribution in [2.75, 3.05) is 23.3 Å². The molecule has 1 N–H and O–H groups in total. The fourth-order valence-corrected chi connectivity index (χ4v) is 2.10. The van der Waals surface area contributed by atoms with Crippen LogP contribution in [0, 0.1) is 0 Å². The summed E-state index contributed by atoms with van der Waals surface area (Å²) in [6.07, 6.45) is 9.37. The predicted molar refractivity (Wildman–Crippen MR) is 71.0 cm³/mol. The van der Waals surface area contributed by atoms with E-state index in [0.29, 0.717) is 0 Å². The van der Waals surface area contributed by atoms with Crippen molar-refractivity contribution >= 4 is 17.3 Å². The Morgan fingerprint density at radius 2 is 1.89 bits per heavy atom. The minimum Gasteiger partial charge on any atom is -0.357 e. The molecule has 5 heteroatoms. The summed E-state index contributed by atoms with van der Waals surface area (Å²) in [5.41, 5.74) is 0.929. The summed E-state index contributed by atoms with van der Waals surface area (Å²) in [6, 6.07) is 4.07. The fraction of sp³-hybridized carbons (Fsp3) is 0.308. The lowest BCUT2D eigenvalue weighted by molar-refractivity contribution is 0.938. The Morgan fingerprint density at radius 1 is 1.00 bits per heavy atom. The highest BCUT2D eigenvalue weighted by Gasteiger charge is 2.12. The number of hydrogen-bond donors (Lipinski definition) is 1. The smallest absolute Gasteiger partial charge is 0.148 e. The molecule has 0 spiro atoms. The summed E-state index contributed by atoms with van der Waals surface area (Å²) in [7, 11) is 0. The van der Waals surface area contributed by atoms with E-state index in [1.807, 2.05) is 18.3 Å². The highest BCUT2D eigenvalue weighted by molar-refractivity contribution is 5.56. The van der Waals surface area contributed by atoms with Gasteiger partial charge in [-0.2, -0.15) is 0 Å². The number of anilines is 3. The molecule has 0 atom stereocenters. The molecule has 1 aliphatic rings. The molecular formula is C13H15N5. The molecule has 0 unspecified atom stereocenters. The van der Waals surface area contributed by atoms with Crippen LogP contribution in [0.3, 0.4) is 0 Å². The molecule has 1 fully saturated rings. The molecule has 0 bridgehead atoms. The van der Waals surface area contributed by atoms with Gasteiger partial charge in [0.1, 0.15) is 11.6 Å². The highest BCUT2D eigenvalue weighted by Crippen LogP contribution is 2.20. The molecule has 0 saturated carbocycles. The second-order valence-electron chi connectivity index (χ2n) is 4.31. The van der Waals surface area contributed by atoms with E-state index in [1.165, 1.54) is 12.8 Å². The van der Waals surface area contributed by atoms with Crippen molar-refractivity contribution in [3.63, 3.8) is 0 Å². The summed E-state index contributed by atoms with van der Waals surface area (Å²) in [5.74, 6) is 1.78. The monoisotopic (exact) mass is 241 g/mol. The van der Waals surface area contributed by atoms with E-state index in [9.17, 15) is 0 Å². The Morgan fingerprint density at radius 3 is 2.56 bits per heavy atom. The maximum Gasteiger partial charge on any atom is 0.148 e. The van der Waals surface area contributed by atoms with Crippen molar-refractivity contribution in [3.05, 3.63) is 36.9 Å². The lowest BCUT2D eigenvalue weighted by Crippen LogP contribution is -2.18. The first-order chi connectivity index (χ1) is 8.92. The van der Waals surface area contributed by atoms with Gasteiger partial charge in [0.25, 0.3) is 0 Å². The van der Waals surface area contributed by atoms with Gasteiger partial charge in [0.2, 0.25) is 0 Å². The molecular weight excluding hydrogens is 226 g/mol. The summed E-state index contributed by atoms with van der Waals surface area (Å²) < 4.78 is 0. The third-order valence-corrected chi connectivity index (χ3v) is 3.01. The second kappa shape index (κ2) is 5.00. The highest BCUT2D eigenvalue weighted by atomic mass is 15.2. The molecule has 0 aromatic carbocycles. The molecule has 0 radical (unpaired) electrons. The number of pyridine rings is 1. The third-order valence-electron chi connectivity index (χ3n) is 3.01. The Labute approximate surface area is 106 Å². The molecule has 1 aliphatic heterocycles. The van der Waals surface area contributed by atoms with E-state index in [2.05, 4.69) is 25.2 Å². The average Bonchev–Trinajstić information content (AvgIpc) is 2.95. The van der Waals surface area contributed by atoms with Gasteiger partial charge < -0.3 is 10.2 Å². The van der Waals surface area contributed by atoms with Gasteiger partial charge in [0, 0.05) is 25.5 Å². The number of rotatable bonds is 3. The van der Waals surface area contributed by atoms with Gasteiger partial charge >= 0.3 is 0 Å². The van der Waals surface area contributed by atoms with Gasteiger partial charge in [0.05, 0.1) is 18.1 Å². The van der Waals surface area contributed by atoms with E-state index in [4.69, 9.17) is 0 Å². The van der Waals surface area contributed by atoms with Crippen LogP contribution in [-0.2, 0) is 0 Å². The first-order valence-electron chi connectivity index (χ1n) is 6.16. The predicted octanol–water partition coefficient (Wildman–Crippen LogP) is 2.22. The Bertz CT molecular complexity index is 491. The van der Waals surface area contributed by atoms with Crippen molar-refractivity contribution < 1.29 is 0 Å². The molecule has 0 aliphatic carbocycles. The minimum absolute atomic E-state index is 0.730. The van der Waals surface area contributed by atoms with Crippen molar-refractivity contribution in [2.24, 2.45) is 0 Å². The topological polar surface area (TPSA) is 53.9 Å². The molecule has 18 heavy (non-hydrogen) atoms. The van der Waals surface area contributed by atoms with Crippen LogP contribution in [0.15, 0.2) is 36.9 Å². The summed E-state index contributed by atoms with van der Waals surface area (Å²) >= 11 is 0. The van der Waals surface area contributed by atoms with Gasteiger partial charge in [-0.15, -0.1) is 0 Å². The van der Waals surface area contributed by atoms with Crippen LogP contribution < -0.4 is 10.2 Å². The van der Waals surface area contributed by atoms with E-state index in [1.54, 1.807) is 18.6 Å².